The summed E-state index contributed by atoms with van der Waals surface area (Å²) in [5, 5.41) is 13.5. The van der Waals surface area contributed by atoms with Gasteiger partial charge in [-0.3, -0.25) is 10.1 Å². The third-order valence-electron chi connectivity index (χ3n) is 2.78. The molecular formula is C13H12N2O3S2. The number of carbonyl (C=O) groups is 1. The lowest BCUT2D eigenvalue weighted by molar-refractivity contribution is -0.138. The number of pyridine rings is 1. The number of nitrogens with zero attached hydrogens (tertiary/aromatic N) is 1. The summed E-state index contributed by atoms with van der Waals surface area (Å²) in [4.78, 5) is 15.1. The van der Waals surface area contributed by atoms with Gasteiger partial charge in [0.05, 0.1) is 0 Å². The fourth-order valence-electron chi connectivity index (χ4n) is 1.82. The van der Waals surface area contributed by atoms with E-state index in [-0.39, 0.29) is 5.37 Å². The highest BCUT2D eigenvalue weighted by molar-refractivity contribution is 7.99. The van der Waals surface area contributed by atoms with Crippen molar-refractivity contribution in [3.63, 3.8) is 0 Å². The lowest BCUT2D eigenvalue weighted by Gasteiger charge is -2.07. The van der Waals surface area contributed by atoms with E-state index in [1.165, 1.54) is 11.8 Å². The molecule has 1 aliphatic heterocycles. The van der Waals surface area contributed by atoms with Gasteiger partial charge in [-0.2, -0.15) is 0 Å². The van der Waals surface area contributed by atoms with Crippen molar-refractivity contribution in [1.29, 1.82) is 0 Å². The van der Waals surface area contributed by atoms with E-state index in [4.69, 9.17) is 9.52 Å². The first kappa shape index (κ1) is 13.5. The summed E-state index contributed by atoms with van der Waals surface area (Å²) in [6.45, 7) is 0. The van der Waals surface area contributed by atoms with E-state index >= 15 is 0 Å². The second-order valence-electron chi connectivity index (χ2n) is 4.20. The molecular weight excluding hydrogens is 296 g/mol. The average Bonchev–Trinajstić information content (AvgIpc) is 3.08. The molecule has 0 saturated carbocycles. The minimum Gasteiger partial charge on any atom is -0.480 e. The number of furan rings is 1. The Hall–Kier alpha value is -1.44. The monoisotopic (exact) mass is 308 g/mol. The molecule has 7 heteroatoms. The molecule has 104 valence electrons. The SMILES string of the molecule is O=C(O)[C@@H]1CS[C@H](c2ccc(Sc3ccccn3)o2)N1. The smallest absolute Gasteiger partial charge is 0.321 e. The van der Waals surface area contributed by atoms with E-state index in [0.717, 1.165) is 15.9 Å². The van der Waals surface area contributed by atoms with Crippen molar-refractivity contribution in [1.82, 2.24) is 10.3 Å². The fraction of sp³-hybridized carbons (Fsp3) is 0.231. The van der Waals surface area contributed by atoms with Crippen LogP contribution in [0.4, 0.5) is 0 Å². The van der Waals surface area contributed by atoms with Crippen molar-refractivity contribution in [3.05, 3.63) is 42.3 Å². The van der Waals surface area contributed by atoms with Crippen molar-refractivity contribution in [3.8, 4) is 0 Å². The van der Waals surface area contributed by atoms with Crippen molar-refractivity contribution >= 4 is 29.5 Å². The minimum absolute atomic E-state index is 0.103. The van der Waals surface area contributed by atoms with Crippen LogP contribution in [0.2, 0.25) is 0 Å². The van der Waals surface area contributed by atoms with Crippen LogP contribution >= 0.6 is 23.5 Å². The Balaban J connectivity index is 1.67. The number of hydrogen-bond acceptors (Lipinski definition) is 6. The van der Waals surface area contributed by atoms with Gasteiger partial charge in [0.1, 0.15) is 22.2 Å². The molecule has 0 bridgehead atoms. The van der Waals surface area contributed by atoms with Crippen molar-refractivity contribution in [2.75, 3.05) is 5.75 Å². The summed E-state index contributed by atoms with van der Waals surface area (Å²) < 4.78 is 5.75. The Kier molecular flexibility index (Phi) is 4.00. The van der Waals surface area contributed by atoms with E-state index in [2.05, 4.69) is 10.3 Å². The molecule has 3 heterocycles. The average molecular weight is 308 g/mol. The Labute approximate surface area is 124 Å². The maximum atomic E-state index is 10.9. The Bertz CT molecular complexity index is 603. The van der Waals surface area contributed by atoms with Gasteiger partial charge in [0.2, 0.25) is 0 Å². The Morgan fingerprint density at radius 3 is 3.05 bits per heavy atom. The van der Waals surface area contributed by atoms with Crippen LogP contribution in [0.15, 0.2) is 51.1 Å². The number of thioether (sulfide) groups is 1. The number of aromatic nitrogens is 1. The summed E-state index contributed by atoms with van der Waals surface area (Å²) in [5.74, 6) is 0.468. The molecule has 0 spiro atoms. The topological polar surface area (TPSA) is 75.4 Å². The molecule has 5 nitrogen and oxygen atoms in total. The highest BCUT2D eigenvalue weighted by Crippen LogP contribution is 2.36. The predicted octanol–water partition coefficient (Wildman–Crippen LogP) is 2.61. The van der Waals surface area contributed by atoms with Gasteiger partial charge in [-0.1, -0.05) is 6.07 Å². The Morgan fingerprint density at radius 2 is 2.35 bits per heavy atom. The maximum Gasteiger partial charge on any atom is 0.321 e. The van der Waals surface area contributed by atoms with Crippen LogP contribution in [0.1, 0.15) is 11.1 Å². The zero-order valence-corrected chi connectivity index (χ0v) is 12.0. The van der Waals surface area contributed by atoms with Crippen LogP contribution < -0.4 is 5.32 Å². The fourth-order valence-corrected chi connectivity index (χ4v) is 3.73. The molecule has 2 aromatic rings. The van der Waals surface area contributed by atoms with Gasteiger partial charge in [-0.15, -0.1) is 11.8 Å². The number of rotatable bonds is 4. The molecule has 2 atom stereocenters. The van der Waals surface area contributed by atoms with Gasteiger partial charge < -0.3 is 9.52 Å². The summed E-state index contributed by atoms with van der Waals surface area (Å²) in [6.07, 6.45) is 1.73. The molecule has 1 fully saturated rings. The predicted molar refractivity (Wildman–Crippen MR) is 76.8 cm³/mol. The first-order chi connectivity index (χ1) is 9.72. The van der Waals surface area contributed by atoms with Crippen molar-refractivity contribution < 1.29 is 14.3 Å². The zero-order chi connectivity index (χ0) is 13.9. The highest BCUT2D eigenvalue weighted by Gasteiger charge is 2.32. The zero-order valence-electron chi connectivity index (χ0n) is 10.4. The van der Waals surface area contributed by atoms with E-state index in [9.17, 15) is 4.79 Å². The lowest BCUT2D eigenvalue weighted by atomic mass is 10.3. The molecule has 20 heavy (non-hydrogen) atoms. The molecule has 1 aliphatic rings. The quantitative estimate of drug-likeness (QED) is 0.899. The third-order valence-corrected chi connectivity index (χ3v) is 4.88. The second-order valence-corrected chi connectivity index (χ2v) is 6.36. The number of carboxylic acid groups (broad SMARTS) is 1. The molecule has 0 radical (unpaired) electrons. The summed E-state index contributed by atoms with van der Waals surface area (Å²) in [5.41, 5.74) is 0. The summed E-state index contributed by atoms with van der Waals surface area (Å²) >= 11 is 2.98. The molecule has 0 unspecified atom stereocenters. The number of hydrogen-bond donors (Lipinski definition) is 2. The first-order valence-corrected chi connectivity index (χ1v) is 7.88. The lowest BCUT2D eigenvalue weighted by Crippen LogP contribution is -2.33. The second kappa shape index (κ2) is 5.90. The van der Waals surface area contributed by atoms with Crippen LogP contribution in [0.5, 0.6) is 0 Å². The van der Waals surface area contributed by atoms with Crippen LogP contribution in [0, 0.1) is 0 Å². The summed E-state index contributed by atoms with van der Waals surface area (Å²) in [6, 6.07) is 8.94. The van der Waals surface area contributed by atoms with Crippen LogP contribution in [-0.2, 0) is 4.79 Å². The van der Waals surface area contributed by atoms with E-state index < -0.39 is 12.0 Å². The molecule has 1 saturated heterocycles. The Morgan fingerprint density at radius 1 is 1.45 bits per heavy atom. The van der Waals surface area contributed by atoms with Crippen molar-refractivity contribution in [2.45, 2.75) is 21.5 Å². The molecule has 2 N–H and O–H groups in total. The number of nitrogens with one attached hydrogen (secondary N) is 1. The van der Waals surface area contributed by atoms with E-state index in [1.807, 2.05) is 30.3 Å². The minimum atomic E-state index is -0.824. The van der Waals surface area contributed by atoms with E-state index in [1.54, 1.807) is 18.0 Å². The van der Waals surface area contributed by atoms with Gasteiger partial charge in [0.15, 0.2) is 5.09 Å². The highest BCUT2D eigenvalue weighted by atomic mass is 32.2. The molecule has 2 aromatic heterocycles. The van der Waals surface area contributed by atoms with Crippen LogP contribution in [0.25, 0.3) is 0 Å². The number of aliphatic carboxylic acids is 1. The van der Waals surface area contributed by atoms with Gasteiger partial charge in [0, 0.05) is 11.9 Å². The van der Waals surface area contributed by atoms with E-state index in [0.29, 0.717) is 5.75 Å². The van der Waals surface area contributed by atoms with Crippen LogP contribution in [-0.4, -0.2) is 27.9 Å². The first-order valence-electron chi connectivity index (χ1n) is 6.01. The largest absolute Gasteiger partial charge is 0.480 e. The molecule has 3 rings (SSSR count). The van der Waals surface area contributed by atoms with Gasteiger partial charge in [-0.25, -0.2) is 4.98 Å². The van der Waals surface area contributed by atoms with Gasteiger partial charge >= 0.3 is 5.97 Å². The summed E-state index contributed by atoms with van der Waals surface area (Å²) in [7, 11) is 0. The maximum absolute atomic E-state index is 10.9. The van der Waals surface area contributed by atoms with Gasteiger partial charge in [0.25, 0.3) is 0 Å². The number of carboxylic acids is 1. The third kappa shape index (κ3) is 3.00. The van der Waals surface area contributed by atoms with Crippen LogP contribution in [0.3, 0.4) is 0 Å². The van der Waals surface area contributed by atoms with Gasteiger partial charge in [-0.05, 0) is 36.0 Å². The standard InChI is InChI=1S/C13H12N2O3S2/c16-13(17)8-7-19-12(15-8)9-4-5-11(18-9)20-10-3-1-2-6-14-10/h1-6,8,12,15H,7H2,(H,16,17)/t8-,12+/m0/s1. The molecule has 0 aromatic carbocycles. The molecule has 0 amide bonds. The van der Waals surface area contributed by atoms with Crippen molar-refractivity contribution in [2.24, 2.45) is 0 Å². The molecule has 0 aliphatic carbocycles. The normalized spacial score (nSPS) is 22.0.